The maximum absolute atomic E-state index is 5.83. The molecule has 4 N–H and O–H groups in total. The number of hydrogen-bond acceptors (Lipinski definition) is 13. The Balaban J connectivity index is 1.43. The average molecular weight is 592 g/mol. The van der Waals surface area contributed by atoms with Gasteiger partial charge in [-0.25, -0.2) is 4.99 Å². The van der Waals surface area contributed by atoms with E-state index in [9.17, 15) is 0 Å². The Morgan fingerprint density at radius 1 is 0.929 bits per heavy atom. The number of anilines is 1. The third kappa shape index (κ3) is 4.12. The normalized spacial score (nSPS) is 28.7. The lowest BCUT2D eigenvalue weighted by atomic mass is 9.99. The van der Waals surface area contributed by atoms with Crippen LogP contribution in [-0.2, 0) is 9.97 Å². The van der Waals surface area contributed by atoms with Crippen molar-refractivity contribution in [2.45, 2.75) is 30.4 Å². The zero-order chi connectivity index (χ0) is 27.9. The predicted molar refractivity (Wildman–Crippen MR) is 161 cm³/mol. The number of amidine groups is 1. The highest BCUT2D eigenvalue weighted by Crippen LogP contribution is 2.51. The van der Waals surface area contributed by atoms with Gasteiger partial charge in [0.2, 0.25) is 11.7 Å². The van der Waals surface area contributed by atoms with Crippen molar-refractivity contribution >= 4 is 29.7 Å². The molecule has 14 nitrogen and oxygen atoms in total. The molecule has 8 heterocycles. The molecule has 6 aliphatic rings. The first-order valence-corrected chi connectivity index (χ1v) is 15.8. The van der Waals surface area contributed by atoms with Crippen LogP contribution in [0.1, 0.15) is 25.0 Å². The molecule has 2 aromatic heterocycles. The molecule has 3 fully saturated rings. The summed E-state index contributed by atoms with van der Waals surface area (Å²) >= 11 is 1.43. The molecular weight excluding hydrogens is 554 g/mol. The number of nitrogens with zero attached hydrogens (tertiary/aromatic N) is 9. The fourth-order valence-corrected chi connectivity index (χ4v) is 7.68. The number of rotatable bonds is 5. The second-order valence-electron chi connectivity index (χ2n) is 11.2. The number of H-pyrrole nitrogens is 2. The minimum atomic E-state index is -0.898. The third-order valence-corrected chi connectivity index (χ3v) is 9.62. The Hall–Kier alpha value is -3.53. The molecule has 0 saturated carbocycles. The first-order valence-electron chi connectivity index (χ1n) is 15.0. The van der Waals surface area contributed by atoms with E-state index in [0.717, 1.165) is 113 Å². The first-order chi connectivity index (χ1) is 20.9. The average Bonchev–Trinajstić information content (AvgIpc) is 3.88. The minimum Gasteiger partial charge on any atom is -0.431 e. The van der Waals surface area contributed by atoms with Gasteiger partial charge in [-0.2, -0.15) is 20.4 Å². The molecule has 15 heteroatoms. The molecule has 2 unspecified atom stereocenters. The van der Waals surface area contributed by atoms with Crippen LogP contribution in [0, 0.1) is 0 Å². The number of guanidine groups is 1. The summed E-state index contributed by atoms with van der Waals surface area (Å²) in [5.41, 5.74) is 1.70. The summed E-state index contributed by atoms with van der Waals surface area (Å²) in [6, 6.07) is 4.20. The highest BCUT2D eigenvalue weighted by Gasteiger charge is 2.62. The smallest absolute Gasteiger partial charge is 0.229 e. The molecule has 42 heavy (non-hydrogen) atoms. The Kier molecular flexibility index (Phi) is 6.81. The van der Waals surface area contributed by atoms with E-state index in [2.05, 4.69) is 68.6 Å². The zero-order valence-electron chi connectivity index (χ0n) is 23.6. The molecule has 2 aromatic rings. The van der Waals surface area contributed by atoms with Crippen LogP contribution in [0.3, 0.4) is 0 Å². The lowest BCUT2D eigenvalue weighted by molar-refractivity contribution is -0.0461. The van der Waals surface area contributed by atoms with Gasteiger partial charge in [0.1, 0.15) is 29.0 Å². The van der Waals surface area contributed by atoms with Crippen LogP contribution in [0.25, 0.3) is 0 Å². The molecule has 0 spiro atoms. The lowest BCUT2D eigenvalue weighted by Gasteiger charge is -2.60. The molecular formula is C27H37N13OS. The lowest BCUT2D eigenvalue weighted by Crippen LogP contribution is -2.74. The number of piperazine rings is 2. The van der Waals surface area contributed by atoms with Gasteiger partial charge in [0.05, 0.1) is 18.2 Å². The molecule has 3 saturated heterocycles. The van der Waals surface area contributed by atoms with Crippen molar-refractivity contribution in [2.75, 3.05) is 70.3 Å². The van der Waals surface area contributed by atoms with Gasteiger partial charge >= 0.3 is 0 Å². The summed E-state index contributed by atoms with van der Waals surface area (Å²) in [5, 5.41) is 19.0. The summed E-state index contributed by atoms with van der Waals surface area (Å²) in [7, 11) is 0. The minimum absolute atomic E-state index is 0.169. The van der Waals surface area contributed by atoms with Gasteiger partial charge in [-0.3, -0.25) is 14.7 Å². The van der Waals surface area contributed by atoms with Crippen molar-refractivity contribution in [3.8, 4) is 0 Å². The van der Waals surface area contributed by atoms with E-state index in [1.54, 1.807) is 6.26 Å². The van der Waals surface area contributed by atoms with Crippen molar-refractivity contribution in [2.24, 2.45) is 9.98 Å². The van der Waals surface area contributed by atoms with E-state index in [1.165, 1.54) is 18.5 Å². The molecule has 0 radical (unpaired) electrons. The molecule has 0 aromatic carbocycles. The number of nitrogens with one attached hydrogen (secondary N) is 4. The summed E-state index contributed by atoms with van der Waals surface area (Å²) in [5.74, 6) is 2.73. The van der Waals surface area contributed by atoms with Gasteiger partial charge < -0.3 is 29.6 Å². The van der Waals surface area contributed by atoms with Crippen molar-refractivity contribution in [1.29, 1.82) is 0 Å². The second kappa shape index (κ2) is 10.9. The van der Waals surface area contributed by atoms with Crippen LogP contribution in [0.15, 0.2) is 58.4 Å². The Morgan fingerprint density at radius 3 is 2.38 bits per heavy atom. The summed E-state index contributed by atoms with van der Waals surface area (Å²) in [6.45, 7) is 8.90. The largest absolute Gasteiger partial charge is 0.431 e. The van der Waals surface area contributed by atoms with Crippen LogP contribution in [0.2, 0.25) is 0 Å². The third-order valence-electron chi connectivity index (χ3n) is 8.83. The molecule has 222 valence electrons. The Labute approximate surface area is 249 Å². The Bertz CT molecular complexity index is 1370. The van der Waals surface area contributed by atoms with E-state index < -0.39 is 5.79 Å². The number of piperidine rings is 1. The second-order valence-corrected chi connectivity index (χ2v) is 12.1. The number of likely N-dealkylation sites (tertiary alicyclic amines) is 1. The maximum Gasteiger partial charge on any atom is 0.229 e. The number of fused-ring (bicyclic) bond motifs is 1. The molecule has 8 rings (SSSR count). The predicted octanol–water partition coefficient (Wildman–Crippen LogP) is 0.817. The van der Waals surface area contributed by atoms with Crippen molar-refractivity contribution in [3.05, 3.63) is 54.1 Å². The molecule has 0 bridgehead atoms. The van der Waals surface area contributed by atoms with E-state index in [1.807, 2.05) is 12.4 Å². The summed E-state index contributed by atoms with van der Waals surface area (Å²) < 4.78 is 5.83. The fourth-order valence-electron chi connectivity index (χ4n) is 6.98. The van der Waals surface area contributed by atoms with Crippen LogP contribution in [0.4, 0.5) is 5.82 Å². The van der Waals surface area contributed by atoms with Gasteiger partial charge in [-0.05, 0) is 31.1 Å². The molecule has 0 amide bonds. The van der Waals surface area contributed by atoms with E-state index in [0.29, 0.717) is 0 Å². The van der Waals surface area contributed by atoms with Crippen molar-refractivity contribution in [1.82, 2.24) is 50.6 Å². The van der Waals surface area contributed by atoms with Crippen LogP contribution in [0.5, 0.6) is 0 Å². The Morgan fingerprint density at radius 2 is 1.71 bits per heavy atom. The fraction of sp³-hybridized carbons (Fsp3) is 0.556. The van der Waals surface area contributed by atoms with Gasteiger partial charge in [-0.15, -0.1) is 0 Å². The summed E-state index contributed by atoms with van der Waals surface area (Å²) in [4.78, 5) is 26.5. The summed E-state index contributed by atoms with van der Waals surface area (Å²) in [6.07, 6.45) is 11.2. The number of aromatic nitrogens is 4. The monoisotopic (exact) mass is 591 g/mol. The van der Waals surface area contributed by atoms with Crippen LogP contribution < -0.4 is 15.5 Å². The zero-order valence-corrected chi connectivity index (χ0v) is 24.4. The molecule has 6 aliphatic heterocycles. The van der Waals surface area contributed by atoms with Gasteiger partial charge in [0.25, 0.3) is 0 Å². The number of aromatic amines is 2. The van der Waals surface area contributed by atoms with E-state index in [4.69, 9.17) is 19.3 Å². The van der Waals surface area contributed by atoms with Crippen LogP contribution >= 0.6 is 12.0 Å². The number of hydrogen-bond donors (Lipinski definition) is 4. The van der Waals surface area contributed by atoms with E-state index in [-0.39, 0.29) is 5.37 Å². The van der Waals surface area contributed by atoms with Gasteiger partial charge in [0.15, 0.2) is 11.5 Å². The first kappa shape index (κ1) is 26.1. The SMILES string of the molecule is C1=CC(N2C3=NC(N4CCNCC4)=NC3=C(N3CCNCC3)N(c3ccc[nH]3)C2(c2cn[nH]n2)N2CCCCC2)SO1. The topological polar surface area (TPSA) is 132 Å². The molecule has 0 aliphatic carbocycles. The van der Waals surface area contributed by atoms with Gasteiger partial charge in [-0.1, -0.05) is 6.42 Å². The highest BCUT2D eigenvalue weighted by atomic mass is 32.2. The van der Waals surface area contributed by atoms with Gasteiger partial charge in [0, 0.05) is 71.6 Å². The van der Waals surface area contributed by atoms with Crippen molar-refractivity contribution < 1.29 is 4.18 Å². The maximum atomic E-state index is 5.83. The van der Waals surface area contributed by atoms with Crippen LogP contribution in [-0.4, -0.2) is 123 Å². The quantitative estimate of drug-likeness (QED) is 0.369. The van der Waals surface area contributed by atoms with Crippen molar-refractivity contribution in [3.63, 3.8) is 0 Å². The van der Waals surface area contributed by atoms with E-state index >= 15 is 0 Å². The molecule has 2 atom stereocenters. The standard InChI is InChI=1S/C27H37N13OS/c1-2-12-38(13-3-1)27(20-19-31-35-34-20)39(21-5-4-7-30-21)25(36-14-8-28-9-15-36)23-24(40(27)22-6-18-41-42-22)33-26(32-23)37-16-10-29-11-17-37/h4-7,18-19,22,28-30H,1-3,8-17H2,(H,31,34,35). The number of aliphatic imine (C=N–C) groups is 2. The highest BCUT2D eigenvalue weighted by molar-refractivity contribution is 7.95.